The number of hydrogen-bond donors (Lipinski definition) is 0. The monoisotopic (exact) mass is 316 g/mol. The Morgan fingerprint density at radius 1 is 1.35 bits per heavy atom. The second-order valence-electron chi connectivity index (χ2n) is 6.00. The molecule has 0 saturated carbocycles. The molecule has 2 heterocycles. The fourth-order valence-corrected chi connectivity index (χ4v) is 3.12. The van der Waals surface area contributed by atoms with E-state index < -0.39 is 5.82 Å². The Morgan fingerprint density at radius 3 is 2.91 bits per heavy atom. The molecule has 0 spiro atoms. The Morgan fingerprint density at radius 2 is 2.22 bits per heavy atom. The normalized spacial score (nSPS) is 18.7. The van der Waals surface area contributed by atoms with Crippen molar-refractivity contribution in [2.75, 3.05) is 13.1 Å². The zero-order valence-corrected chi connectivity index (χ0v) is 13.3. The van der Waals surface area contributed by atoms with Crippen molar-refractivity contribution in [1.29, 1.82) is 0 Å². The molecule has 1 aliphatic heterocycles. The molecule has 1 aromatic carbocycles. The van der Waals surface area contributed by atoms with E-state index in [0.717, 1.165) is 32.4 Å². The first-order valence-corrected chi connectivity index (χ1v) is 8.13. The number of aromatic nitrogens is 3. The lowest BCUT2D eigenvalue weighted by Crippen LogP contribution is -2.32. The van der Waals surface area contributed by atoms with E-state index in [1.54, 1.807) is 12.1 Å². The van der Waals surface area contributed by atoms with E-state index in [2.05, 4.69) is 17.0 Å². The molecule has 1 unspecified atom stereocenters. The van der Waals surface area contributed by atoms with E-state index in [0.29, 0.717) is 17.2 Å². The topological polar surface area (TPSA) is 51.0 Å². The summed E-state index contributed by atoms with van der Waals surface area (Å²) in [7, 11) is 0. The smallest absolute Gasteiger partial charge is 0.253 e. The van der Waals surface area contributed by atoms with Gasteiger partial charge in [-0.25, -0.2) is 14.1 Å². The van der Waals surface area contributed by atoms with Crippen molar-refractivity contribution in [1.82, 2.24) is 19.7 Å². The highest BCUT2D eigenvalue weighted by molar-refractivity contribution is 5.94. The van der Waals surface area contributed by atoms with E-state index in [-0.39, 0.29) is 5.91 Å². The van der Waals surface area contributed by atoms with Gasteiger partial charge in [-0.1, -0.05) is 13.3 Å². The van der Waals surface area contributed by atoms with Crippen molar-refractivity contribution in [2.24, 2.45) is 5.92 Å². The maximum Gasteiger partial charge on any atom is 0.253 e. The van der Waals surface area contributed by atoms with Gasteiger partial charge in [-0.2, -0.15) is 5.10 Å². The SMILES string of the molecule is CCC1CCCN(C(=O)c2ccc(-n3cncn3)c(F)c2)CC1. The minimum atomic E-state index is -0.470. The number of rotatable bonds is 3. The molecule has 2 aromatic rings. The second kappa shape index (κ2) is 6.89. The summed E-state index contributed by atoms with van der Waals surface area (Å²) >= 11 is 0. The van der Waals surface area contributed by atoms with Crippen LogP contribution < -0.4 is 0 Å². The van der Waals surface area contributed by atoms with Gasteiger partial charge in [0, 0.05) is 18.7 Å². The fraction of sp³-hybridized carbons (Fsp3) is 0.471. The van der Waals surface area contributed by atoms with Crippen molar-refractivity contribution >= 4 is 5.91 Å². The Bertz CT molecular complexity index is 671. The lowest BCUT2D eigenvalue weighted by Gasteiger charge is -2.21. The van der Waals surface area contributed by atoms with Crippen LogP contribution in [-0.4, -0.2) is 38.7 Å². The Kier molecular flexibility index (Phi) is 4.69. The zero-order valence-electron chi connectivity index (χ0n) is 13.3. The molecule has 6 heteroatoms. The molecular weight excluding hydrogens is 295 g/mol. The first-order chi connectivity index (χ1) is 11.2. The van der Waals surface area contributed by atoms with Crippen LogP contribution in [0, 0.1) is 11.7 Å². The van der Waals surface area contributed by atoms with Gasteiger partial charge in [0.15, 0.2) is 0 Å². The van der Waals surface area contributed by atoms with Crippen LogP contribution in [0.4, 0.5) is 4.39 Å². The molecule has 23 heavy (non-hydrogen) atoms. The molecule has 0 aliphatic carbocycles. The summed E-state index contributed by atoms with van der Waals surface area (Å²) in [5, 5.41) is 3.91. The van der Waals surface area contributed by atoms with E-state index >= 15 is 0 Å². The number of amides is 1. The maximum absolute atomic E-state index is 14.3. The third-order valence-electron chi connectivity index (χ3n) is 4.57. The van der Waals surface area contributed by atoms with Crippen LogP contribution in [0.3, 0.4) is 0 Å². The number of nitrogens with zero attached hydrogens (tertiary/aromatic N) is 4. The number of carbonyl (C=O) groups is 1. The zero-order chi connectivity index (χ0) is 16.2. The average molecular weight is 316 g/mol. The van der Waals surface area contributed by atoms with Crippen LogP contribution in [0.2, 0.25) is 0 Å². The quantitative estimate of drug-likeness (QED) is 0.874. The van der Waals surface area contributed by atoms with Crippen molar-refractivity contribution in [3.8, 4) is 5.69 Å². The van der Waals surface area contributed by atoms with Crippen LogP contribution >= 0.6 is 0 Å². The number of benzene rings is 1. The predicted molar refractivity (Wildman–Crippen MR) is 84.9 cm³/mol. The van der Waals surface area contributed by atoms with Crippen molar-refractivity contribution in [2.45, 2.75) is 32.6 Å². The lowest BCUT2D eigenvalue weighted by molar-refractivity contribution is 0.0759. The van der Waals surface area contributed by atoms with Gasteiger partial charge < -0.3 is 4.90 Å². The van der Waals surface area contributed by atoms with E-state index in [9.17, 15) is 9.18 Å². The summed E-state index contributed by atoms with van der Waals surface area (Å²) in [4.78, 5) is 18.3. The first-order valence-electron chi connectivity index (χ1n) is 8.13. The van der Waals surface area contributed by atoms with Gasteiger partial charge in [-0.3, -0.25) is 4.79 Å². The summed E-state index contributed by atoms with van der Waals surface area (Å²) in [5.41, 5.74) is 0.683. The Labute approximate surface area is 135 Å². The van der Waals surface area contributed by atoms with Gasteiger partial charge in [-0.15, -0.1) is 0 Å². The minimum Gasteiger partial charge on any atom is -0.339 e. The Balaban J connectivity index is 1.76. The number of halogens is 1. The van der Waals surface area contributed by atoms with Crippen molar-refractivity contribution < 1.29 is 9.18 Å². The standard InChI is InChI=1S/C17H21FN4O/c1-2-13-4-3-8-21(9-7-13)17(23)14-5-6-16(15(18)10-14)22-12-19-11-20-22/h5-6,10-13H,2-4,7-9H2,1H3. The van der Waals surface area contributed by atoms with Crippen molar-refractivity contribution in [3.63, 3.8) is 0 Å². The van der Waals surface area contributed by atoms with Crippen LogP contribution in [-0.2, 0) is 0 Å². The largest absolute Gasteiger partial charge is 0.339 e. The Hall–Kier alpha value is -2.24. The van der Waals surface area contributed by atoms with Gasteiger partial charge >= 0.3 is 0 Å². The molecule has 1 fully saturated rings. The first kappa shape index (κ1) is 15.6. The van der Waals surface area contributed by atoms with Crippen molar-refractivity contribution in [3.05, 3.63) is 42.2 Å². The summed E-state index contributed by atoms with van der Waals surface area (Å²) in [6, 6.07) is 4.52. The maximum atomic E-state index is 14.3. The van der Waals surface area contributed by atoms with E-state index in [4.69, 9.17) is 0 Å². The number of likely N-dealkylation sites (tertiary alicyclic amines) is 1. The highest BCUT2D eigenvalue weighted by atomic mass is 19.1. The third-order valence-corrected chi connectivity index (χ3v) is 4.57. The van der Waals surface area contributed by atoms with Gasteiger partial charge in [0.05, 0.1) is 0 Å². The van der Waals surface area contributed by atoms with Gasteiger partial charge in [0.1, 0.15) is 24.2 Å². The summed E-state index contributed by atoms with van der Waals surface area (Å²) in [6.45, 7) is 3.70. The summed E-state index contributed by atoms with van der Waals surface area (Å²) in [5.74, 6) is 0.132. The average Bonchev–Trinajstić information content (AvgIpc) is 2.98. The molecular formula is C17H21FN4O. The third kappa shape index (κ3) is 3.41. The lowest BCUT2D eigenvalue weighted by atomic mass is 9.98. The number of hydrogen-bond acceptors (Lipinski definition) is 3. The molecule has 1 saturated heterocycles. The van der Waals surface area contributed by atoms with Crippen LogP contribution in [0.15, 0.2) is 30.9 Å². The number of carbonyl (C=O) groups excluding carboxylic acids is 1. The molecule has 5 nitrogen and oxygen atoms in total. The second-order valence-corrected chi connectivity index (χ2v) is 6.00. The fourth-order valence-electron chi connectivity index (χ4n) is 3.12. The molecule has 3 rings (SSSR count). The summed E-state index contributed by atoms with van der Waals surface area (Å²) < 4.78 is 15.6. The van der Waals surface area contributed by atoms with E-state index in [1.807, 2.05) is 4.90 Å². The van der Waals surface area contributed by atoms with Crippen LogP contribution in [0.1, 0.15) is 43.0 Å². The molecule has 1 aromatic heterocycles. The minimum absolute atomic E-state index is 0.0919. The molecule has 0 bridgehead atoms. The summed E-state index contributed by atoms with van der Waals surface area (Å²) in [6.07, 6.45) is 7.15. The molecule has 1 aliphatic rings. The molecule has 1 amide bonds. The highest BCUT2D eigenvalue weighted by Crippen LogP contribution is 2.22. The van der Waals surface area contributed by atoms with Gasteiger partial charge in [-0.05, 0) is 43.4 Å². The molecule has 0 radical (unpaired) electrons. The highest BCUT2D eigenvalue weighted by Gasteiger charge is 2.21. The van der Waals surface area contributed by atoms with Gasteiger partial charge in [0.25, 0.3) is 5.91 Å². The van der Waals surface area contributed by atoms with E-state index in [1.165, 1.54) is 29.8 Å². The molecule has 1 atom stereocenters. The van der Waals surface area contributed by atoms with Crippen LogP contribution in [0.5, 0.6) is 0 Å². The predicted octanol–water partition coefficient (Wildman–Crippen LogP) is 3.06. The van der Waals surface area contributed by atoms with Crippen LogP contribution in [0.25, 0.3) is 5.69 Å². The van der Waals surface area contributed by atoms with Gasteiger partial charge in [0.2, 0.25) is 0 Å². The molecule has 0 N–H and O–H groups in total. The molecule has 122 valence electrons.